The molecule has 4 heterocycles. The van der Waals surface area contributed by atoms with Gasteiger partial charge in [-0.15, -0.1) is 0 Å². The fourth-order valence-electron chi connectivity index (χ4n) is 3.79. The van der Waals surface area contributed by atoms with Gasteiger partial charge in [0.1, 0.15) is 5.82 Å². The number of anilines is 2. The number of carbonyl (C=O) groups is 1. The molecule has 0 bridgehead atoms. The van der Waals surface area contributed by atoms with Gasteiger partial charge in [-0.1, -0.05) is 11.6 Å². The second-order valence-electron chi connectivity index (χ2n) is 7.11. The van der Waals surface area contributed by atoms with E-state index in [1.807, 2.05) is 14.7 Å². The summed E-state index contributed by atoms with van der Waals surface area (Å²) >= 11 is 6.44. The maximum Gasteiger partial charge on any atom is 0.311 e. The van der Waals surface area contributed by atoms with Crippen molar-refractivity contribution in [2.45, 2.75) is 12.8 Å². The summed E-state index contributed by atoms with van der Waals surface area (Å²) in [5, 5.41) is 11.7. The summed E-state index contributed by atoms with van der Waals surface area (Å²) in [7, 11) is 0. The van der Waals surface area contributed by atoms with Gasteiger partial charge in [0.15, 0.2) is 0 Å². The Labute approximate surface area is 173 Å². The van der Waals surface area contributed by atoms with Crippen LogP contribution in [0.4, 0.5) is 17.3 Å². The first-order valence-electron chi connectivity index (χ1n) is 9.59. The second kappa shape index (κ2) is 8.20. The number of hydrogen-bond donors (Lipinski definition) is 0. The van der Waals surface area contributed by atoms with Gasteiger partial charge in [0.2, 0.25) is 5.82 Å². The van der Waals surface area contributed by atoms with Crippen LogP contribution >= 0.6 is 11.6 Å². The highest BCUT2D eigenvalue weighted by atomic mass is 35.5. The molecule has 2 aromatic rings. The Morgan fingerprint density at radius 3 is 2.31 bits per heavy atom. The van der Waals surface area contributed by atoms with Crippen molar-refractivity contribution in [3.05, 3.63) is 51.3 Å². The standard InChI is InChI=1S/C19H21ClN6O3/c20-15-12-14(19(27)25-6-1-2-7-25)13-22-17(15)23-8-10-24(11-9-23)18-16(26(28)29)4-3-5-21-18/h3-5,12-13H,1-2,6-11H2. The van der Waals surface area contributed by atoms with Gasteiger partial charge in [-0.3, -0.25) is 14.9 Å². The van der Waals surface area contributed by atoms with Crippen LogP contribution < -0.4 is 9.80 Å². The highest BCUT2D eigenvalue weighted by molar-refractivity contribution is 6.33. The van der Waals surface area contributed by atoms with Gasteiger partial charge in [0.25, 0.3) is 5.91 Å². The molecule has 2 aliphatic heterocycles. The van der Waals surface area contributed by atoms with E-state index in [0.29, 0.717) is 48.4 Å². The number of rotatable bonds is 4. The normalized spacial score (nSPS) is 16.9. The summed E-state index contributed by atoms with van der Waals surface area (Å²) in [6.07, 6.45) is 5.20. The molecular formula is C19H21ClN6O3. The topological polar surface area (TPSA) is 95.7 Å². The molecule has 9 nitrogen and oxygen atoms in total. The van der Waals surface area contributed by atoms with Crippen molar-refractivity contribution in [2.75, 3.05) is 49.1 Å². The van der Waals surface area contributed by atoms with E-state index in [2.05, 4.69) is 9.97 Å². The van der Waals surface area contributed by atoms with Crippen molar-refractivity contribution < 1.29 is 9.72 Å². The first-order chi connectivity index (χ1) is 14.0. The van der Waals surface area contributed by atoms with Crippen LogP contribution in [0.2, 0.25) is 5.02 Å². The molecule has 2 saturated heterocycles. The highest BCUT2D eigenvalue weighted by Crippen LogP contribution is 2.29. The third-order valence-electron chi connectivity index (χ3n) is 5.30. The molecule has 0 spiro atoms. The van der Waals surface area contributed by atoms with Crippen molar-refractivity contribution >= 4 is 34.8 Å². The number of pyridine rings is 2. The first kappa shape index (κ1) is 19.4. The lowest BCUT2D eigenvalue weighted by molar-refractivity contribution is -0.384. The van der Waals surface area contributed by atoms with Gasteiger partial charge in [0, 0.05) is 57.7 Å². The van der Waals surface area contributed by atoms with Crippen molar-refractivity contribution in [2.24, 2.45) is 0 Å². The molecule has 0 saturated carbocycles. The van der Waals surface area contributed by atoms with Gasteiger partial charge >= 0.3 is 5.69 Å². The zero-order valence-electron chi connectivity index (χ0n) is 15.8. The Kier molecular flexibility index (Phi) is 5.48. The van der Waals surface area contributed by atoms with Crippen LogP contribution in [0.5, 0.6) is 0 Å². The van der Waals surface area contributed by atoms with Crippen LogP contribution in [-0.4, -0.2) is 65.0 Å². The summed E-state index contributed by atoms with van der Waals surface area (Å²) in [5.74, 6) is 0.971. The number of halogens is 1. The molecule has 10 heteroatoms. The number of piperazine rings is 1. The molecule has 2 aliphatic rings. The van der Waals surface area contributed by atoms with E-state index in [4.69, 9.17) is 11.6 Å². The molecule has 0 N–H and O–H groups in total. The average molecular weight is 417 g/mol. The van der Waals surface area contributed by atoms with Crippen molar-refractivity contribution in [1.29, 1.82) is 0 Å². The van der Waals surface area contributed by atoms with Crippen LogP contribution in [0.25, 0.3) is 0 Å². The lowest BCUT2D eigenvalue weighted by atomic mass is 10.2. The molecule has 0 atom stereocenters. The number of hydrogen-bond acceptors (Lipinski definition) is 7. The summed E-state index contributed by atoms with van der Waals surface area (Å²) in [5.41, 5.74) is 0.505. The Balaban J connectivity index is 1.45. The van der Waals surface area contributed by atoms with Gasteiger partial charge in [-0.05, 0) is 25.0 Å². The van der Waals surface area contributed by atoms with Crippen LogP contribution in [0.15, 0.2) is 30.6 Å². The van der Waals surface area contributed by atoms with Gasteiger partial charge in [-0.2, -0.15) is 0 Å². The quantitative estimate of drug-likeness (QED) is 0.558. The Bertz CT molecular complexity index is 926. The molecule has 0 aromatic carbocycles. The van der Waals surface area contributed by atoms with E-state index in [9.17, 15) is 14.9 Å². The fourth-order valence-corrected chi connectivity index (χ4v) is 4.07. The van der Waals surface area contributed by atoms with Crippen molar-refractivity contribution in [3.63, 3.8) is 0 Å². The van der Waals surface area contributed by atoms with E-state index in [1.165, 1.54) is 6.07 Å². The highest BCUT2D eigenvalue weighted by Gasteiger charge is 2.27. The molecule has 29 heavy (non-hydrogen) atoms. The molecule has 1 amide bonds. The van der Waals surface area contributed by atoms with Gasteiger partial charge in [0.05, 0.1) is 15.5 Å². The van der Waals surface area contributed by atoms with Gasteiger partial charge < -0.3 is 14.7 Å². The first-order valence-corrected chi connectivity index (χ1v) is 9.96. The number of nitrogens with zero attached hydrogens (tertiary/aromatic N) is 6. The van der Waals surface area contributed by atoms with E-state index in [1.54, 1.807) is 24.5 Å². The summed E-state index contributed by atoms with van der Waals surface area (Å²) < 4.78 is 0. The summed E-state index contributed by atoms with van der Waals surface area (Å²) in [4.78, 5) is 37.7. The maximum absolute atomic E-state index is 12.5. The minimum atomic E-state index is -0.413. The van der Waals surface area contributed by atoms with Gasteiger partial charge in [-0.25, -0.2) is 9.97 Å². The summed E-state index contributed by atoms with van der Waals surface area (Å²) in [6, 6.07) is 4.70. The minimum absolute atomic E-state index is 0.00175. The monoisotopic (exact) mass is 416 g/mol. The zero-order chi connectivity index (χ0) is 20.4. The zero-order valence-corrected chi connectivity index (χ0v) is 16.6. The van der Waals surface area contributed by atoms with Crippen LogP contribution in [0, 0.1) is 10.1 Å². The number of nitro groups is 1. The Hall–Kier alpha value is -2.94. The van der Waals surface area contributed by atoms with Crippen LogP contribution in [0.1, 0.15) is 23.2 Å². The second-order valence-corrected chi connectivity index (χ2v) is 7.51. The summed E-state index contributed by atoms with van der Waals surface area (Å²) in [6.45, 7) is 3.87. The number of carbonyl (C=O) groups excluding carboxylic acids is 1. The Morgan fingerprint density at radius 1 is 1.03 bits per heavy atom. The maximum atomic E-state index is 12.5. The third kappa shape index (κ3) is 3.95. The molecule has 0 radical (unpaired) electrons. The molecule has 0 unspecified atom stereocenters. The lowest BCUT2D eigenvalue weighted by Gasteiger charge is -2.36. The van der Waals surface area contributed by atoms with E-state index < -0.39 is 4.92 Å². The number of likely N-dealkylation sites (tertiary alicyclic amines) is 1. The van der Waals surface area contributed by atoms with E-state index in [0.717, 1.165) is 25.9 Å². The smallest absolute Gasteiger partial charge is 0.311 e. The lowest BCUT2D eigenvalue weighted by Crippen LogP contribution is -2.47. The number of amides is 1. The molecule has 2 fully saturated rings. The predicted octanol–water partition coefficient (Wildman–Crippen LogP) is 2.60. The number of aromatic nitrogens is 2. The van der Waals surface area contributed by atoms with E-state index in [-0.39, 0.29) is 11.6 Å². The molecule has 2 aromatic heterocycles. The molecule has 0 aliphatic carbocycles. The van der Waals surface area contributed by atoms with Crippen LogP contribution in [-0.2, 0) is 0 Å². The average Bonchev–Trinajstić information content (AvgIpc) is 3.28. The largest absolute Gasteiger partial charge is 0.352 e. The van der Waals surface area contributed by atoms with E-state index >= 15 is 0 Å². The fraction of sp³-hybridized carbons (Fsp3) is 0.421. The minimum Gasteiger partial charge on any atom is -0.352 e. The molecule has 152 valence electrons. The van der Waals surface area contributed by atoms with Crippen molar-refractivity contribution in [1.82, 2.24) is 14.9 Å². The van der Waals surface area contributed by atoms with Crippen molar-refractivity contribution in [3.8, 4) is 0 Å². The molecule has 4 rings (SSSR count). The van der Waals surface area contributed by atoms with Crippen LogP contribution in [0.3, 0.4) is 0 Å². The predicted molar refractivity (Wildman–Crippen MR) is 110 cm³/mol. The molecular weight excluding hydrogens is 396 g/mol. The SMILES string of the molecule is O=C(c1cnc(N2CCN(c3ncccc3[N+](=O)[O-])CC2)c(Cl)c1)N1CCCC1. The third-order valence-corrected chi connectivity index (χ3v) is 5.58. The Morgan fingerprint density at radius 2 is 1.69 bits per heavy atom.